The fraction of sp³-hybridized carbons (Fsp3) is 0.250. The third-order valence-electron chi connectivity index (χ3n) is 4.78. The first-order valence-electron chi connectivity index (χ1n) is 8.90. The maximum atomic E-state index is 14.0. The van der Waals surface area contributed by atoms with Crippen LogP contribution < -0.4 is 4.90 Å². The molecule has 1 fully saturated rings. The Kier molecular flexibility index (Phi) is 4.66. The molecule has 1 saturated carbocycles. The van der Waals surface area contributed by atoms with E-state index in [9.17, 15) is 13.6 Å². The van der Waals surface area contributed by atoms with Gasteiger partial charge in [0.1, 0.15) is 11.5 Å². The van der Waals surface area contributed by atoms with Crippen LogP contribution in [0, 0.1) is 11.6 Å². The zero-order valence-electron chi connectivity index (χ0n) is 14.6. The van der Waals surface area contributed by atoms with Gasteiger partial charge in [0.15, 0.2) is 17.3 Å². The summed E-state index contributed by atoms with van der Waals surface area (Å²) in [6.07, 6.45) is 6.92. The largest absolute Gasteiger partial charge is 0.288 e. The van der Waals surface area contributed by atoms with Crippen molar-refractivity contribution in [3.63, 3.8) is 0 Å². The number of para-hydroxylation sites is 1. The topological polar surface area (TPSA) is 51.0 Å². The van der Waals surface area contributed by atoms with Crippen LogP contribution in [0.3, 0.4) is 0 Å². The molecular formula is C20H18F2N4O. The molecule has 0 spiro atoms. The summed E-state index contributed by atoms with van der Waals surface area (Å²) in [5.41, 5.74) is -0.183. The van der Waals surface area contributed by atoms with E-state index in [1.54, 1.807) is 23.2 Å². The first kappa shape index (κ1) is 17.3. The Morgan fingerprint density at radius 3 is 2.44 bits per heavy atom. The van der Waals surface area contributed by atoms with Crippen molar-refractivity contribution in [2.75, 3.05) is 4.90 Å². The molecule has 138 valence electrons. The van der Waals surface area contributed by atoms with E-state index in [0.29, 0.717) is 5.82 Å². The number of nitrogens with zero attached hydrogens (tertiary/aromatic N) is 4. The van der Waals surface area contributed by atoms with Gasteiger partial charge in [-0.1, -0.05) is 25.0 Å². The molecule has 5 nitrogen and oxygen atoms in total. The predicted octanol–water partition coefficient (Wildman–Crippen LogP) is 4.13. The summed E-state index contributed by atoms with van der Waals surface area (Å²) in [6.45, 7) is 0. The highest BCUT2D eigenvalue weighted by Crippen LogP contribution is 2.28. The van der Waals surface area contributed by atoms with Gasteiger partial charge in [0, 0.05) is 18.4 Å². The molecule has 0 radical (unpaired) electrons. The molecule has 1 aliphatic rings. The van der Waals surface area contributed by atoms with E-state index < -0.39 is 11.6 Å². The van der Waals surface area contributed by atoms with Gasteiger partial charge < -0.3 is 0 Å². The lowest BCUT2D eigenvalue weighted by Gasteiger charge is -2.27. The van der Waals surface area contributed by atoms with Gasteiger partial charge in [-0.15, -0.1) is 0 Å². The van der Waals surface area contributed by atoms with Crippen LogP contribution in [0.1, 0.15) is 36.2 Å². The van der Waals surface area contributed by atoms with Crippen molar-refractivity contribution in [3.05, 3.63) is 72.2 Å². The van der Waals surface area contributed by atoms with Gasteiger partial charge in [-0.25, -0.2) is 18.4 Å². The Labute approximate surface area is 155 Å². The van der Waals surface area contributed by atoms with Crippen molar-refractivity contribution >= 4 is 11.7 Å². The fourth-order valence-corrected chi connectivity index (χ4v) is 3.51. The maximum absolute atomic E-state index is 14.0. The van der Waals surface area contributed by atoms with Gasteiger partial charge in [0.05, 0.1) is 0 Å². The third-order valence-corrected chi connectivity index (χ3v) is 4.78. The fourth-order valence-electron chi connectivity index (χ4n) is 3.51. The van der Waals surface area contributed by atoms with E-state index in [1.165, 1.54) is 18.3 Å². The number of anilines is 1. The second-order valence-electron chi connectivity index (χ2n) is 6.52. The molecule has 7 heteroatoms. The molecule has 27 heavy (non-hydrogen) atoms. The van der Waals surface area contributed by atoms with Crippen LogP contribution in [0.15, 0.2) is 54.9 Å². The number of carbonyl (C=O) groups is 1. The molecule has 1 amide bonds. The van der Waals surface area contributed by atoms with Gasteiger partial charge in [0.25, 0.3) is 5.91 Å². The van der Waals surface area contributed by atoms with Crippen LogP contribution in [-0.4, -0.2) is 26.7 Å². The first-order chi connectivity index (χ1) is 13.1. The Morgan fingerprint density at radius 1 is 1.04 bits per heavy atom. The summed E-state index contributed by atoms with van der Waals surface area (Å²) in [4.78, 5) is 19.1. The highest BCUT2D eigenvalue weighted by Gasteiger charge is 2.31. The Hall–Kier alpha value is -3.09. The van der Waals surface area contributed by atoms with Crippen molar-refractivity contribution < 1.29 is 13.6 Å². The van der Waals surface area contributed by atoms with E-state index in [0.717, 1.165) is 42.5 Å². The van der Waals surface area contributed by atoms with E-state index in [1.807, 2.05) is 6.07 Å². The van der Waals surface area contributed by atoms with Crippen molar-refractivity contribution in [2.24, 2.45) is 0 Å². The number of hydrogen-bond acceptors (Lipinski definition) is 3. The number of halogens is 2. The van der Waals surface area contributed by atoms with Gasteiger partial charge in [-0.2, -0.15) is 5.10 Å². The summed E-state index contributed by atoms with van der Waals surface area (Å²) < 4.78 is 29.1. The Morgan fingerprint density at radius 2 is 1.78 bits per heavy atom. The number of pyridine rings is 1. The highest BCUT2D eigenvalue weighted by molar-refractivity contribution is 6.04. The zero-order chi connectivity index (χ0) is 18.8. The number of rotatable bonds is 4. The molecule has 0 bridgehead atoms. The maximum Gasteiger partial charge on any atom is 0.280 e. The summed E-state index contributed by atoms with van der Waals surface area (Å²) in [7, 11) is 0. The van der Waals surface area contributed by atoms with E-state index in [4.69, 9.17) is 0 Å². The monoisotopic (exact) mass is 368 g/mol. The molecule has 0 atom stereocenters. The molecule has 1 aliphatic carbocycles. The Bertz CT molecular complexity index is 931. The normalized spacial score (nSPS) is 14.4. The number of aromatic nitrogens is 3. The minimum Gasteiger partial charge on any atom is -0.288 e. The molecule has 2 aromatic heterocycles. The highest BCUT2D eigenvalue weighted by atomic mass is 19.1. The number of hydrogen-bond donors (Lipinski definition) is 0. The van der Waals surface area contributed by atoms with Crippen molar-refractivity contribution in [1.29, 1.82) is 0 Å². The minimum absolute atomic E-state index is 0.0442. The van der Waals surface area contributed by atoms with Crippen LogP contribution in [0.5, 0.6) is 0 Å². The van der Waals surface area contributed by atoms with Crippen LogP contribution in [0.2, 0.25) is 0 Å². The van der Waals surface area contributed by atoms with Gasteiger partial charge in [-0.05, 0) is 43.2 Å². The van der Waals surface area contributed by atoms with Gasteiger partial charge >= 0.3 is 0 Å². The van der Waals surface area contributed by atoms with Crippen molar-refractivity contribution in [1.82, 2.24) is 14.8 Å². The third kappa shape index (κ3) is 3.32. The van der Waals surface area contributed by atoms with Crippen molar-refractivity contribution in [2.45, 2.75) is 31.7 Å². The lowest BCUT2D eigenvalue weighted by Crippen LogP contribution is -2.39. The predicted molar refractivity (Wildman–Crippen MR) is 96.8 cm³/mol. The number of benzene rings is 1. The van der Waals surface area contributed by atoms with Gasteiger partial charge in [-0.3, -0.25) is 9.69 Å². The number of amides is 1. The molecule has 0 unspecified atom stereocenters. The minimum atomic E-state index is -0.741. The van der Waals surface area contributed by atoms with Crippen molar-refractivity contribution in [3.8, 4) is 5.69 Å². The van der Waals surface area contributed by atoms with E-state index in [2.05, 4.69) is 10.1 Å². The van der Waals surface area contributed by atoms with Crippen LogP contribution in [0.4, 0.5) is 14.6 Å². The molecular weight excluding hydrogens is 350 g/mol. The summed E-state index contributed by atoms with van der Waals surface area (Å²) in [5.74, 6) is -1.25. The average Bonchev–Trinajstić information content (AvgIpc) is 3.35. The molecule has 1 aromatic carbocycles. The average molecular weight is 368 g/mol. The van der Waals surface area contributed by atoms with Crippen LogP contribution in [0.25, 0.3) is 5.69 Å². The standard InChI is InChI=1S/C20H18F2N4O/c21-15-8-5-9-16(22)19(15)25-13-11-17(24-25)20(27)26(14-6-1-2-7-14)18-10-3-4-12-23-18/h3-5,8-14H,1-2,6-7H2. The molecule has 3 aromatic rings. The summed E-state index contributed by atoms with van der Waals surface area (Å²) in [5, 5.41) is 4.14. The lowest BCUT2D eigenvalue weighted by molar-refractivity contribution is 0.0970. The van der Waals surface area contributed by atoms with Crippen LogP contribution in [-0.2, 0) is 0 Å². The molecule has 0 N–H and O–H groups in total. The molecule has 4 rings (SSSR count). The summed E-state index contributed by atoms with van der Waals surface area (Å²) >= 11 is 0. The SMILES string of the molecule is O=C(c1ccn(-c2c(F)cccc2F)n1)N(c1ccccn1)C1CCCC1. The zero-order valence-corrected chi connectivity index (χ0v) is 14.6. The second-order valence-corrected chi connectivity index (χ2v) is 6.52. The lowest BCUT2D eigenvalue weighted by atomic mass is 10.2. The van der Waals surface area contributed by atoms with Crippen LogP contribution >= 0.6 is 0 Å². The van der Waals surface area contributed by atoms with Gasteiger partial charge in [0.2, 0.25) is 0 Å². The molecule has 2 heterocycles. The second kappa shape index (κ2) is 7.26. The van der Waals surface area contributed by atoms with E-state index in [-0.39, 0.29) is 23.3 Å². The summed E-state index contributed by atoms with van der Waals surface area (Å²) in [6, 6.07) is 10.5. The first-order valence-corrected chi connectivity index (χ1v) is 8.90. The van der Waals surface area contributed by atoms with E-state index >= 15 is 0 Å². The molecule has 0 aliphatic heterocycles. The Balaban J connectivity index is 1.69. The molecule has 0 saturated heterocycles. The number of carbonyl (C=O) groups excluding carboxylic acids is 1. The quantitative estimate of drug-likeness (QED) is 0.696. The smallest absolute Gasteiger partial charge is 0.280 e.